The van der Waals surface area contributed by atoms with Gasteiger partial charge < -0.3 is 96.2 Å². The zero-order valence-electron chi connectivity index (χ0n) is 58.7. The molecule has 34 nitrogen and oxygen atoms in total. The van der Waals surface area contributed by atoms with Gasteiger partial charge in [-0.2, -0.15) is 0 Å². The van der Waals surface area contributed by atoms with Crippen molar-refractivity contribution in [1.29, 1.82) is 0 Å². The van der Waals surface area contributed by atoms with E-state index < -0.39 is 193 Å². The van der Waals surface area contributed by atoms with Crippen LogP contribution in [0.25, 0.3) is 0 Å². The summed E-state index contributed by atoms with van der Waals surface area (Å²) in [7, 11) is 0. The summed E-state index contributed by atoms with van der Waals surface area (Å²) in [4.78, 5) is 207. The van der Waals surface area contributed by atoms with E-state index in [2.05, 4.69) is 78.8 Å². The molecule has 0 bridgehead atoms. The van der Waals surface area contributed by atoms with Crippen molar-refractivity contribution in [3.05, 3.63) is 54.1 Å². The van der Waals surface area contributed by atoms with E-state index in [-0.39, 0.29) is 94.9 Å². The monoisotopic (exact) mass is 1440 g/mol. The van der Waals surface area contributed by atoms with Crippen LogP contribution in [-0.2, 0) is 80.0 Å². The molecule has 2 aliphatic heterocycles. The van der Waals surface area contributed by atoms with Gasteiger partial charge >= 0.3 is 11.9 Å². The van der Waals surface area contributed by atoms with E-state index in [0.717, 1.165) is 6.42 Å². The third-order valence-corrected chi connectivity index (χ3v) is 18.4. The summed E-state index contributed by atoms with van der Waals surface area (Å²) in [6.07, 6.45) is -0.0872. The van der Waals surface area contributed by atoms with Crippen molar-refractivity contribution in [1.82, 2.24) is 73.8 Å². The molecule has 1 aromatic carbocycles. The number of carbonyl (C=O) groups excluding carboxylic acids is 12. The number of carboxylic acid groups (broad SMARTS) is 2. The lowest BCUT2D eigenvalue weighted by Crippen LogP contribution is -2.62. The number of carboxylic acids is 2. The third-order valence-electron chi connectivity index (χ3n) is 17.5. The van der Waals surface area contributed by atoms with Gasteiger partial charge in [-0.25, -0.2) is 9.98 Å². The molecule has 21 N–H and O–H groups in total. The van der Waals surface area contributed by atoms with Crippen LogP contribution in [0, 0.1) is 23.7 Å². The molecular formula is C66H104N18O16S. The number of aromatic nitrogens is 2. The van der Waals surface area contributed by atoms with E-state index >= 15 is 0 Å². The van der Waals surface area contributed by atoms with Crippen LogP contribution >= 0.6 is 11.8 Å². The minimum Gasteiger partial charge on any atom is -0.481 e. The van der Waals surface area contributed by atoms with Gasteiger partial charge in [0.05, 0.1) is 25.3 Å². The van der Waals surface area contributed by atoms with Gasteiger partial charge in [0.25, 0.3) is 0 Å². The number of aliphatic carboxylic acids is 2. The zero-order chi connectivity index (χ0) is 75.0. The van der Waals surface area contributed by atoms with Gasteiger partial charge in [-0.15, -0.1) is 0 Å². The second kappa shape index (κ2) is 42.8. The largest absolute Gasteiger partial charge is 0.481 e. The van der Waals surface area contributed by atoms with Crippen molar-refractivity contribution in [3.63, 3.8) is 0 Å². The molecule has 2 aromatic rings. The Morgan fingerprint density at radius 1 is 0.663 bits per heavy atom. The molecule has 0 saturated carbocycles. The number of nitrogens with two attached hydrogens (primary N) is 3. The summed E-state index contributed by atoms with van der Waals surface area (Å²) in [5.74, 6) is -15.5. The van der Waals surface area contributed by atoms with Crippen LogP contribution in [0.4, 0.5) is 0 Å². The molecule has 1 fully saturated rings. The second-order valence-electron chi connectivity index (χ2n) is 26.1. The van der Waals surface area contributed by atoms with E-state index in [1.54, 1.807) is 71.9 Å². The zero-order valence-corrected chi connectivity index (χ0v) is 59.5. The smallest absolute Gasteiger partial charge is 0.305 e. The summed E-state index contributed by atoms with van der Waals surface area (Å²) in [5.41, 5.74) is 18.6. The number of benzene rings is 1. The first kappa shape index (κ1) is 84.2. The van der Waals surface area contributed by atoms with Crippen LogP contribution in [-0.4, -0.2) is 200 Å². The van der Waals surface area contributed by atoms with Gasteiger partial charge in [0, 0.05) is 43.5 Å². The standard InChI is InChI=1S/C66H104N18O16S/c1-9-35(6)52(83-58(93)42(22-23-50(86)87)74-59(94)43(26-34(4)5)76-63(98)48-32-101-66(81-48)84-54(69)37(8)11-3)64(99)75-40-20-15-16-25-71-55(90)46(29-49(68)85)78-62(97)47(30-51(88)89)79-61(96)45(28-39-31-70-33-72-39)77-60(95)44(27-38-18-13-12-14-19-38)80-65(100)53(36(7)10-2)82-57(92)41(21-17-24-67)73-56(40)91/h12-14,18-19,31,33-37,40-48,52-54H,9-11,15-17,20-30,32,67,69H2,1-8H3,(H2,68,85)(H,70,72)(H,71,90)(H,73,91)(H,74,94)(H,75,99)(H,76,98)(H,77,95)(H,78,97)(H,79,96)(H,80,100)(H,81,84)(H,82,92)(H,83,93)(H,86,87)(H,88,89)/t35?,36?,37?,40-,41+,42+,43-,44+,45-,46-,47+,48?,52-,53-,54?/m0/s1. The number of thioether (sulfide) groups is 1. The van der Waals surface area contributed by atoms with Gasteiger partial charge in [0.1, 0.15) is 66.5 Å². The number of amides is 12. The topological polar surface area (TPSA) is 543 Å². The Balaban J connectivity index is 1.76. The van der Waals surface area contributed by atoms with E-state index in [1.165, 1.54) is 24.3 Å². The van der Waals surface area contributed by atoms with Gasteiger partial charge in [-0.1, -0.05) is 117 Å². The molecule has 3 heterocycles. The number of nitrogens with one attached hydrogen (secondary N) is 13. The highest BCUT2D eigenvalue weighted by Gasteiger charge is 2.40. The molecule has 0 radical (unpaired) electrons. The first-order valence-corrected chi connectivity index (χ1v) is 35.3. The van der Waals surface area contributed by atoms with Crippen molar-refractivity contribution < 1.29 is 77.3 Å². The highest BCUT2D eigenvalue weighted by Crippen LogP contribution is 2.20. The lowest BCUT2D eigenvalue weighted by Gasteiger charge is -2.30. The van der Waals surface area contributed by atoms with Crippen molar-refractivity contribution in [3.8, 4) is 0 Å². The van der Waals surface area contributed by atoms with Crippen LogP contribution in [0.2, 0.25) is 0 Å². The maximum atomic E-state index is 14.9. The Bertz CT molecular complexity index is 3180. The average Bonchev–Trinajstić information content (AvgIpc) is 1.63. The Labute approximate surface area is 591 Å². The molecule has 0 spiro atoms. The first-order chi connectivity index (χ1) is 47.9. The highest BCUT2D eigenvalue weighted by molar-refractivity contribution is 8.14. The van der Waals surface area contributed by atoms with Gasteiger partial charge in [-0.05, 0) is 80.7 Å². The van der Waals surface area contributed by atoms with Crippen molar-refractivity contribution in [2.45, 2.75) is 224 Å². The molecule has 15 atom stereocenters. The first-order valence-electron chi connectivity index (χ1n) is 34.4. The minimum atomic E-state index is -1.94. The van der Waals surface area contributed by atoms with E-state index in [9.17, 15) is 77.3 Å². The molecule has 1 saturated heterocycles. The maximum Gasteiger partial charge on any atom is 0.305 e. The minimum absolute atomic E-state index is 0.00112. The number of hydrogen-bond acceptors (Lipinski definition) is 20. The molecule has 12 amide bonds. The number of nitrogens with zero attached hydrogens (tertiary/aromatic N) is 2. The lowest BCUT2D eigenvalue weighted by atomic mass is 9.96. The van der Waals surface area contributed by atoms with Gasteiger partial charge in [0.2, 0.25) is 70.9 Å². The molecule has 5 unspecified atom stereocenters. The fourth-order valence-electron chi connectivity index (χ4n) is 10.8. The summed E-state index contributed by atoms with van der Waals surface area (Å²) in [6, 6.07) is -8.01. The van der Waals surface area contributed by atoms with Gasteiger partial charge in [-0.3, -0.25) is 67.1 Å². The molecule has 0 aliphatic carbocycles. The lowest BCUT2D eigenvalue weighted by molar-refractivity contribution is -0.142. The number of primary amides is 1. The molecule has 101 heavy (non-hydrogen) atoms. The molecule has 2 aliphatic rings. The molecular weight excluding hydrogens is 1330 g/mol. The number of aliphatic imine (C=N–C) groups is 1. The number of amidine groups is 1. The summed E-state index contributed by atoms with van der Waals surface area (Å²) in [5, 5.41) is 52.0. The van der Waals surface area contributed by atoms with Crippen LogP contribution in [0.1, 0.15) is 150 Å². The van der Waals surface area contributed by atoms with Gasteiger partial charge in [0.15, 0.2) is 5.17 Å². The highest BCUT2D eigenvalue weighted by atomic mass is 32.2. The summed E-state index contributed by atoms with van der Waals surface area (Å²) in [6.45, 7) is 14.1. The SMILES string of the molecule is CCC(C)C(N)NC1=NC(C(=O)N[C@@H](CC(C)C)C(=O)N[C@H](CCC(=O)O)C(=O)N[C@H](C(=O)N[C@H]2CCCCNC(=O)[C@H](CC(N)=O)NC(=O)[C@@H](CC(=O)O)NC(=O)[C@H](Cc3cnc[nH]3)NC(=O)[C@@H](Cc3ccccc3)NC(=O)[C@H](C(C)CC)NC(=O)[C@@H](CCCN)NC2=O)C(C)CC)CS1. The number of carbonyl (C=O) groups is 14. The Morgan fingerprint density at radius 3 is 1.86 bits per heavy atom. The number of aromatic amines is 1. The van der Waals surface area contributed by atoms with E-state index in [0.29, 0.717) is 16.4 Å². The Morgan fingerprint density at radius 2 is 1.27 bits per heavy atom. The number of H-pyrrole nitrogens is 1. The molecule has 560 valence electrons. The van der Waals surface area contributed by atoms with E-state index in [4.69, 9.17) is 17.2 Å². The quantitative estimate of drug-likeness (QED) is 0.0357. The second-order valence-corrected chi connectivity index (χ2v) is 27.1. The fraction of sp³-hybridized carbons (Fsp3) is 0.636. The number of imidazole rings is 1. The predicted octanol–water partition coefficient (Wildman–Crippen LogP) is -2.17. The number of rotatable bonds is 31. The molecule has 35 heteroatoms. The third kappa shape index (κ3) is 28.7. The maximum absolute atomic E-state index is 14.9. The van der Waals surface area contributed by atoms with Crippen LogP contribution in [0.15, 0.2) is 47.8 Å². The Kier molecular flexibility index (Phi) is 35.6. The van der Waals surface area contributed by atoms with Crippen LogP contribution < -0.4 is 81.0 Å². The normalized spacial score (nSPS) is 23.0. The van der Waals surface area contributed by atoms with Crippen LogP contribution in [0.3, 0.4) is 0 Å². The molecule has 1 aromatic heterocycles. The van der Waals surface area contributed by atoms with Crippen molar-refractivity contribution in [2.24, 2.45) is 45.9 Å². The fourth-order valence-corrected chi connectivity index (χ4v) is 11.7. The van der Waals surface area contributed by atoms with Crippen molar-refractivity contribution in [2.75, 3.05) is 18.8 Å². The number of hydrogen-bond donors (Lipinski definition) is 18. The van der Waals surface area contributed by atoms with E-state index in [1.807, 2.05) is 13.8 Å². The summed E-state index contributed by atoms with van der Waals surface area (Å²) < 4.78 is 0. The molecule has 4 rings (SSSR count). The predicted molar refractivity (Wildman–Crippen MR) is 372 cm³/mol. The summed E-state index contributed by atoms with van der Waals surface area (Å²) >= 11 is 1.29. The Hall–Kier alpha value is -9.25. The van der Waals surface area contributed by atoms with Crippen LogP contribution in [0.5, 0.6) is 0 Å². The van der Waals surface area contributed by atoms with Crippen molar-refractivity contribution >= 4 is 99.8 Å². The average molecular weight is 1440 g/mol.